The van der Waals surface area contributed by atoms with Crippen molar-refractivity contribution < 1.29 is 0 Å². The molecule has 0 bridgehead atoms. The van der Waals surface area contributed by atoms with Gasteiger partial charge in [-0.25, -0.2) is 4.79 Å². The molecule has 2 fully saturated rings. The van der Waals surface area contributed by atoms with E-state index < -0.39 is 11.2 Å². The molecular weight excluding hydrogens is 316 g/mol. The van der Waals surface area contributed by atoms with Crippen molar-refractivity contribution in [2.24, 2.45) is 5.41 Å². The predicted octanol–water partition coefficient (Wildman–Crippen LogP) is 1.36. The van der Waals surface area contributed by atoms with Gasteiger partial charge in [-0.15, -0.1) is 0 Å². The van der Waals surface area contributed by atoms with Gasteiger partial charge in [0.15, 0.2) is 0 Å². The Morgan fingerprint density at radius 3 is 2.52 bits per heavy atom. The summed E-state index contributed by atoms with van der Waals surface area (Å²) in [7, 11) is 0. The van der Waals surface area contributed by atoms with Crippen LogP contribution in [0, 0.1) is 5.41 Å². The van der Waals surface area contributed by atoms with Crippen molar-refractivity contribution in [1.82, 2.24) is 14.6 Å². The number of aromatic nitrogens is 2. The van der Waals surface area contributed by atoms with Crippen LogP contribution in [0.25, 0.3) is 10.9 Å². The molecular formula is C19H26N4O2. The lowest BCUT2D eigenvalue weighted by Crippen LogP contribution is -2.45. The Balaban J connectivity index is 1.68. The fraction of sp³-hybridized carbons (Fsp3) is 0.579. The minimum Gasteiger partial charge on any atom is -0.332 e. The number of nitrogens with one attached hydrogen (secondary N) is 1. The number of rotatable bonds is 6. The molecule has 0 atom stereocenters. The van der Waals surface area contributed by atoms with E-state index in [0.29, 0.717) is 23.0 Å². The molecule has 6 heteroatoms. The van der Waals surface area contributed by atoms with Gasteiger partial charge in [-0.1, -0.05) is 13.0 Å². The highest BCUT2D eigenvalue weighted by Crippen LogP contribution is 2.46. The molecule has 2 aliphatic rings. The summed E-state index contributed by atoms with van der Waals surface area (Å²) in [6.45, 7) is 5.89. The Morgan fingerprint density at radius 2 is 1.88 bits per heavy atom. The monoisotopic (exact) mass is 342 g/mol. The van der Waals surface area contributed by atoms with Crippen LogP contribution in [-0.4, -0.2) is 21.3 Å². The maximum atomic E-state index is 12.5. The summed E-state index contributed by atoms with van der Waals surface area (Å²) in [5, 5.41) is 4.08. The lowest BCUT2D eigenvalue weighted by molar-refractivity contribution is 0.453. The summed E-state index contributed by atoms with van der Waals surface area (Å²) in [4.78, 5) is 25.0. The van der Waals surface area contributed by atoms with Crippen molar-refractivity contribution in [2.45, 2.75) is 58.0 Å². The van der Waals surface area contributed by atoms with Crippen LogP contribution in [0.5, 0.6) is 0 Å². The number of hydrogen-bond donors (Lipinski definition) is 2. The molecule has 134 valence electrons. The number of benzene rings is 1. The highest BCUT2D eigenvalue weighted by Gasteiger charge is 2.38. The van der Waals surface area contributed by atoms with E-state index in [-0.39, 0.29) is 5.41 Å². The van der Waals surface area contributed by atoms with Crippen LogP contribution in [0.1, 0.15) is 45.1 Å². The Kier molecular flexibility index (Phi) is 3.58. The molecule has 0 spiro atoms. The van der Waals surface area contributed by atoms with Crippen molar-refractivity contribution >= 4 is 10.9 Å². The summed E-state index contributed by atoms with van der Waals surface area (Å²) in [5.41, 5.74) is 1.39. The van der Waals surface area contributed by atoms with E-state index in [1.807, 2.05) is 18.2 Å². The van der Waals surface area contributed by atoms with Crippen molar-refractivity contribution in [3.8, 4) is 0 Å². The molecule has 0 unspecified atom stereocenters. The summed E-state index contributed by atoms with van der Waals surface area (Å²) in [6.07, 6.45) is 5.52. The van der Waals surface area contributed by atoms with Crippen LogP contribution in [-0.2, 0) is 13.0 Å². The Morgan fingerprint density at radius 1 is 1.16 bits per heavy atom. The molecule has 1 heterocycles. The fourth-order valence-electron chi connectivity index (χ4n) is 3.37. The van der Waals surface area contributed by atoms with Crippen molar-refractivity contribution in [3.05, 3.63) is 44.6 Å². The molecule has 2 saturated carbocycles. The van der Waals surface area contributed by atoms with Gasteiger partial charge >= 0.3 is 5.69 Å². The van der Waals surface area contributed by atoms with Gasteiger partial charge in [-0.3, -0.25) is 9.36 Å². The third-order valence-corrected chi connectivity index (χ3v) is 5.85. The normalized spacial score (nSPS) is 19.9. The van der Waals surface area contributed by atoms with E-state index in [4.69, 9.17) is 5.84 Å². The summed E-state index contributed by atoms with van der Waals surface area (Å²) >= 11 is 0. The third-order valence-electron chi connectivity index (χ3n) is 5.85. The SMILES string of the molecule is CC1(Cn2c(=O)n(N)c(=O)c3cc(CCNC4(C)CC4)ccc32)CC1. The molecule has 2 aromatic rings. The topological polar surface area (TPSA) is 82.1 Å². The van der Waals surface area contributed by atoms with Crippen molar-refractivity contribution in [2.75, 3.05) is 12.4 Å². The van der Waals surface area contributed by atoms with Gasteiger partial charge in [0.1, 0.15) is 0 Å². The molecule has 0 amide bonds. The van der Waals surface area contributed by atoms with Crippen molar-refractivity contribution in [1.29, 1.82) is 0 Å². The zero-order chi connectivity index (χ0) is 17.8. The van der Waals surface area contributed by atoms with E-state index >= 15 is 0 Å². The van der Waals surface area contributed by atoms with Gasteiger partial charge in [0.05, 0.1) is 10.9 Å². The Hall–Kier alpha value is -2.08. The van der Waals surface area contributed by atoms with Gasteiger partial charge in [0.2, 0.25) is 0 Å². The van der Waals surface area contributed by atoms with Crippen LogP contribution in [0.15, 0.2) is 27.8 Å². The largest absolute Gasteiger partial charge is 0.350 e. The van der Waals surface area contributed by atoms with Crippen molar-refractivity contribution in [3.63, 3.8) is 0 Å². The quantitative estimate of drug-likeness (QED) is 0.777. The summed E-state index contributed by atoms with van der Waals surface area (Å²) in [6, 6.07) is 5.81. The number of hydrogen-bond acceptors (Lipinski definition) is 4. The van der Waals surface area contributed by atoms with E-state index in [9.17, 15) is 9.59 Å². The number of nitrogens with zero attached hydrogens (tertiary/aromatic N) is 2. The van der Waals surface area contributed by atoms with Gasteiger partial charge in [-0.05, 0) is 68.7 Å². The highest BCUT2D eigenvalue weighted by atomic mass is 16.2. The van der Waals surface area contributed by atoms with E-state index in [0.717, 1.165) is 36.0 Å². The van der Waals surface area contributed by atoms with Crippen LogP contribution in [0.2, 0.25) is 0 Å². The molecule has 6 nitrogen and oxygen atoms in total. The lowest BCUT2D eigenvalue weighted by Gasteiger charge is -2.16. The minimum atomic E-state index is -0.429. The molecule has 4 rings (SSSR count). The van der Waals surface area contributed by atoms with Crippen LogP contribution < -0.4 is 22.4 Å². The molecule has 0 aliphatic heterocycles. The molecule has 1 aromatic carbocycles. The van der Waals surface area contributed by atoms with Gasteiger partial charge < -0.3 is 11.2 Å². The Bertz CT molecular complexity index is 948. The minimum absolute atomic E-state index is 0.149. The van der Waals surface area contributed by atoms with Crippen LogP contribution in [0.3, 0.4) is 0 Å². The number of fused-ring (bicyclic) bond motifs is 1. The predicted molar refractivity (Wildman–Crippen MR) is 99.3 cm³/mol. The molecule has 1 aromatic heterocycles. The summed E-state index contributed by atoms with van der Waals surface area (Å²) < 4.78 is 2.42. The average Bonchev–Trinajstić information content (AvgIpc) is 3.50. The second-order valence-corrected chi connectivity index (χ2v) is 8.44. The van der Waals surface area contributed by atoms with Gasteiger partial charge in [0.25, 0.3) is 5.56 Å². The van der Waals surface area contributed by atoms with E-state index in [1.54, 1.807) is 4.57 Å². The second kappa shape index (κ2) is 5.46. The number of nitrogen functional groups attached to an aromatic ring is 1. The molecule has 2 aliphatic carbocycles. The average molecular weight is 342 g/mol. The zero-order valence-electron chi connectivity index (χ0n) is 15.0. The standard InChI is InChI=1S/C19H26N4O2/c1-18(6-7-18)12-22-15-4-3-13(5-10-21-19(2)8-9-19)11-14(15)16(24)23(20)17(22)25/h3-4,11,21H,5-10,12,20H2,1-2H3. The smallest absolute Gasteiger partial charge is 0.332 e. The maximum Gasteiger partial charge on any atom is 0.350 e. The van der Waals surface area contributed by atoms with Crippen LogP contribution in [0.4, 0.5) is 0 Å². The fourth-order valence-corrected chi connectivity index (χ4v) is 3.37. The molecule has 3 N–H and O–H groups in total. The zero-order valence-corrected chi connectivity index (χ0v) is 15.0. The third kappa shape index (κ3) is 3.11. The Labute approximate surface area is 146 Å². The van der Waals surface area contributed by atoms with E-state index in [1.165, 1.54) is 12.8 Å². The van der Waals surface area contributed by atoms with Gasteiger partial charge in [-0.2, -0.15) is 4.68 Å². The van der Waals surface area contributed by atoms with Gasteiger partial charge in [0, 0.05) is 12.1 Å². The maximum absolute atomic E-state index is 12.5. The highest BCUT2D eigenvalue weighted by molar-refractivity contribution is 5.79. The molecule has 0 radical (unpaired) electrons. The molecule has 25 heavy (non-hydrogen) atoms. The first-order valence-corrected chi connectivity index (χ1v) is 9.09. The number of nitrogens with two attached hydrogens (primary N) is 1. The van der Waals surface area contributed by atoms with Crippen LogP contribution >= 0.6 is 0 Å². The second-order valence-electron chi connectivity index (χ2n) is 8.44. The van der Waals surface area contributed by atoms with E-state index in [2.05, 4.69) is 19.2 Å². The first kappa shape index (κ1) is 16.4. The first-order chi connectivity index (χ1) is 11.8. The lowest BCUT2D eigenvalue weighted by atomic mass is 10.1. The first-order valence-electron chi connectivity index (χ1n) is 9.09. The summed E-state index contributed by atoms with van der Waals surface area (Å²) in [5.74, 6) is 5.76. The molecule has 0 saturated heterocycles.